The summed E-state index contributed by atoms with van der Waals surface area (Å²) in [5.41, 5.74) is 6.18. The molecule has 0 aliphatic carbocycles. The lowest BCUT2D eigenvalue weighted by Gasteiger charge is -1.99. The average molecular weight is 267 g/mol. The first-order valence-corrected chi connectivity index (χ1v) is 7.17. The molecule has 0 radical (unpaired) electrons. The topological polar surface area (TPSA) is 99.1 Å². The molecule has 7 heteroatoms. The van der Waals surface area contributed by atoms with E-state index in [0.717, 1.165) is 6.26 Å². The normalized spacial score (nSPS) is 13.5. The Morgan fingerprint density at radius 3 is 2.67 bits per heavy atom. The van der Waals surface area contributed by atoms with Gasteiger partial charge >= 0.3 is 0 Å². The third-order valence-electron chi connectivity index (χ3n) is 2.36. The van der Waals surface area contributed by atoms with Gasteiger partial charge < -0.3 is 10.3 Å². The van der Waals surface area contributed by atoms with Crippen LogP contribution in [0.5, 0.6) is 0 Å². The van der Waals surface area contributed by atoms with Crippen LogP contribution in [0.1, 0.15) is 18.8 Å². The van der Waals surface area contributed by atoms with Gasteiger partial charge in [-0.25, -0.2) is 8.42 Å². The lowest BCUT2D eigenvalue weighted by Crippen LogP contribution is -2.06. The van der Waals surface area contributed by atoms with E-state index in [1.807, 2.05) is 0 Å². The Labute approximate surface area is 105 Å². The van der Waals surface area contributed by atoms with Gasteiger partial charge in [-0.15, -0.1) is 0 Å². The average Bonchev–Trinajstić information content (AvgIpc) is 2.77. The van der Waals surface area contributed by atoms with Crippen LogP contribution in [-0.4, -0.2) is 24.8 Å². The zero-order valence-corrected chi connectivity index (χ0v) is 10.8. The molecule has 96 valence electrons. The van der Waals surface area contributed by atoms with Crippen LogP contribution in [-0.2, 0) is 9.84 Å². The van der Waals surface area contributed by atoms with Crippen molar-refractivity contribution in [2.45, 2.75) is 17.9 Å². The molecular formula is C11H13N3O3S. The van der Waals surface area contributed by atoms with Crippen molar-refractivity contribution in [3.63, 3.8) is 0 Å². The molecule has 2 N–H and O–H groups in total. The van der Waals surface area contributed by atoms with Crippen molar-refractivity contribution in [2.75, 3.05) is 6.26 Å². The first-order chi connectivity index (χ1) is 8.38. The Morgan fingerprint density at radius 2 is 2.11 bits per heavy atom. The van der Waals surface area contributed by atoms with Crippen LogP contribution in [0.3, 0.4) is 0 Å². The van der Waals surface area contributed by atoms with Crippen LogP contribution >= 0.6 is 0 Å². The van der Waals surface area contributed by atoms with Gasteiger partial charge in [0.05, 0.1) is 10.9 Å². The van der Waals surface area contributed by atoms with Crippen LogP contribution in [0.25, 0.3) is 11.5 Å². The van der Waals surface area contributed by atoms with E-state index in [0.29, 0.717) is 11.4 Å². The first kappa shape index (κ1) is 12.7. The molecule has 0 aliphatic heterocycles. The molecule has 0 spiro atoms. The van der Waals surface area contributed by atoms with Gasteiger partial charge in [0.25, 0.3) is 5.89 Å². The van der Waals surface area contributed by atoms with Crippen molar-refractivity contribution in [3.8, 4) is 11.5 Å². The highest BCUT2D eigenvalue weighted by Gasteiger charge is 2.14. The maximum absolute atomic E-state index is 11.4. The largest absolute Gasteiger partial charge is 0.334 e. The van der Waals surface area contributed by atoms with Gasteiger partial charge in [0.15, 0.2) is 15.7 Å². The van der Waals surface area contributed by atoms with E-state index in [1.54, 1.807) is 19.1 Å². The molecule has 0 saturated carbocycles. The molecule has 1 aromatic heterocycles. The number of aromatic nitrogens is 2. The molecule has 1 atom stereocenters. The number of hydrogen-bond donors (Lipinski definition) is 1. The molecule has 0 amide bonds. The molecular weight excluding hydrogens is 254 g/mol. The number of benzene rings is 1. The quantitative estimate of drug-likeness (QED) is 0.895. The zero-order chi connectivity index (χ0) is 13.3. The van der Waals surface area contributed by atoms with Gasteiger partial charge in [-0.05, 0) is 25.1 Å². The van der Waals surface area contributed by atoms with Crippen molar-refractivity contribution in [1.29, 1.82) is 0 Å². The van der Waals surface area contributed by atoms with Crippen LogP contribution in [0, 0.1) is 0 Å². The number of rotatable bonds is 3. The second-order valence-electron chi connectivity index (χ2n) is 4.05. The fourth-order valence-electron chi connectivity index (χ4n) is 1.40. The van der Waals surface area contributed by atoms with E-state index in [4.69, 9.17) is 10.3 Å². The molecule has 0 bridgehead atoms. The SMILES string of the molecule is CC(N)c1noc(-c2cccc(S(C)(=O)=O)c2)n1. The highest BCUT2D eigenvalue weighted by molar-refractivity contribution is 7.90. The van der Waals surface area contributed by atoms with Crippen molar-refractivity contribution in [3.05, 3.63) is 30.1 Å². The number of hydrogen-bond acceptors (Lipinski definition) is 6. The minimum atomic E-state index is -3.26. The zero-order valence-electron chi connectivity index (χ0n) is 9.99. The number of nitrogens with zero attached hydrogens (tertiary/aromatic N) is 2. The lowest BCUT2D eigenvalue weighted by atomic mass is 10.2. The van der Waals surface area contributed by atoms with Crippen molar-refractivity contribution in [2.24, 2.45) is 5.73 Å². The van der Waals surface area contributed by atoms with E-state index in [-0.39, 0.29) is 16.8 Å². The second-order valence-corrected chi connectivity index (χ2v) is 6.06. The monoisotopic (exact) mass is 267 g/mol. The van der Waals surface area contributed by atoms with E-state index < -0.39 is 9.84 Å². The molecule has 2 aromatic rings. The van der Waals surface area contributed by atoms with Gasteiger partial charge in [0.2, 0.25) is 0 Å². The second kappa shape index (κ2) is 4.51. The number of nitrogens with two attached hydrogens (primary N) is 1. The smallest absolute Gasteiger partial charge is 0.258 e. The Balaban J connectivity index is 2.45. The Hall–Kier alpha value is -1.73. The summed E-state index contributed by atoms with van der Waals surface area (Å²) in [6, 6.07) is 6.00. The molecule has 6 nitrogen and oxygen atoms in total. The van der Waals surface area contributed by atoms with Gasteiger partial charge in [0.1, 0.15) is 0 Å². The molecule has 18 heavy (non-hydrogen) atoms. The molecule has 0 aliphatic rings. The summed E-state index contributed by atoms with van der Waals surface area (Å²) >= 11 is 0. The van der Waals surface area contributed by atoms with Crippen LogP contribution in [0.2, 0.25) is 0 Å². The fourth-order valence-corrected chi connectivity index (χ4v) is 2.06. The summed E-state index contributed by atoms with van der Waals surface area (Å²) in [5, 5.41) is 3.72. The predicted octanol–water partition coefficient (Wildman–Crippen LogP) is 1.16. The summed E-state index contributed by atoms with van der Waals surface area (Å²) in [6.07, 6.45) is 1.15. The van der Waals surface area contributed by atoms with Crippen molar-refractivity contribution in [1.82, 2.24) is 10.1 Å². The van der Waals surface area contributed by atoms with E-state index in [1.165, 1.54) is 12.1 Å². The van der Waals surface area contributed by atoms with Crippen LogP contribution < -0.4 is 5.73 Å². The maximum Gasteiger partial charge on any atom is 0.258 e. The molecule has 1 aromatic carbocycles. The van der Waals surface area contributed by atoms with Crippen LogP contribution in [0.4, 0.5) is 0 Å². The third-order valence-corrected chi connectivity index (χ3v) is 3.47. The standard InChI is InChI=1S/C11H13N3O3S/c1-7(12)10-13-11(17-14-10)8-4-3-5-9(6-8)18(2,15)16/h3-7H,12H2,1-2H3. The number of sulfone groups is 1. The summed E-state index contributed by atoms with van der Waals surface area (Å²) in [6.45, 7) is 1.74. The van der Waals surface area contributed by atoms with Gasteiger partial charge in [-0.1, -0.05) is 11.2 Å². The molecule has 1 heterocycles. The Morgan fingerprint density at radius 1 is 1.39 bits per heavy atom. The Kier molecular flexibility index (Phi) is 3.18. The summed E-state index contributed by atoms with van der Waals surface area (Å²) in [7, 11) is -3.26. The van der Waals surface area contributed by atoms with Gasteiger partial charge in [-0.2, -0.15) is 4.98 Å². The fraction of sp³-hybridized carbons (Fsp3) is 0.273. The van der Waals surface area contributed by atoms with Gasteiger partial charge in [-0.3, -0.25) is 0 Å². The van der Waals surface area contributed by atoms with E-state index in [9.17, 15) is 8.42 Å². The summed E-state index contributed by atoms with van der Waals surface area (Å²) in [4.78, 5) is 4.31. The molecule has 1 unspecified atom stereocenters. The molecule has 0 saturated heterocycles. The summed E-state index contributed by atoms with van der Waals surface area (Å²) in [5.74, 6) is 0.641. The Bertz CT molecular complexity index is 662. The maximum atomic E-state index is 11.4. The molecule has 0 fully saturated rings. The van der Waals surface area contributed by atoms with E-state index >= 15 is 0 Å². The minimum absolute atomic E-state index is 0.209. The highest BCUT2D eigenvalue weighted by atomic mass is 32.2. The van der Waals surface area contributed by atoms with Crippen LogP contribution in [0.15, 0.2) is 33.7 Å². The predicted molar refractivity (Wildman–Crippen MR) is 65.4 cm³/mol. The lowest BCUT2D eigenvalue weighted by molar-refractivity contribution is 0.418. The third kappa shape index (κ3) is 2.57. The minimum Gasteiger partial charge on any atom is -0.334 e. The first-order valence-electron chi connectivity index (χ1n) is 5.27. The van der Waals surface area contributed by atoms with E-state index in [2.05, 4.69) is 10.1 Å². The van der Waals surface area contributed by atoms with Gasteiger partial charge in [0, 0.05) is 11.8 Å². The molecule has 2 rings (SSSR count). The van der Waals surface area contributed by atoms with Crippen molar-refractivity contribution < 1.29 is 12.9 Å². The summed E-state index contributed by atoms with van der Waals surface area (Å²) < 4.78 is 27.9. The highest BCUT2D eigenvalue weighted by Crippen LogP contribution is 2.21. The van der Waals surface area contributed by atoms with Crippen molar-refractivity contribution >= 4 is 9.84 Å².